The highest BCUT2D eigenvalue weighted by Crippen LogP contribution is 2.44. The second-order valence-electron chi connectivity index (χ2n) is 9.32. The van der Waals surface area contributed by atoms with Crippen LogP contribution in [0.25, 0.3) is 0 Å². The molecule has 1 saturated carbocycles. The van der Waals surface area contributed by atoms with E-state index in [1.54, 1.807) is 0 Å². The highest BCUT2D eigenvalue weighted by molar-refractivity contribution is 5.87. The van der Waals surface area contributed by atoms with Gasteiger partial charge in [-0.15, -0.1) is 0 Å². The molecule has 2 atom stereocenters. The average Bonchev–Trinajstić information content (AvgIpc) is 3.13. The Kier molecular flexibility index (Phi) is 7.78. The van der Waals surface area contributed by atoms with E-state index < -0.39 is 17.6 Å². The van der Waals surface area contributed by atoms with Gasteiger partial charge >= 0.3 is 6.18 Å². The van der Waals surface area contributed by atoms with Crippen molar-refractivity contribution in [1.29, 1.82) is 5.26 Å². The molecule has 1 amide bonds. The summed E-state index contributed by atoms with van der Waals surface area (Å²) in [7, 11) is 0. The lowest BCUT2D eigenvalue weighted by Crippen LogP contribution is -2.51. The fourth-order valence-electron chi connectivity index (χ4n) is 5.01. The lowest BCUT2D eigenvalue weighted by molar-refractivity contribution is -0.154. The van der Waals surface area contributed by atoms with Gasteiger partial charge in [-0.25, -0.2) is 0 Å². The van der Waals surface area contributed by atoms with Gasteiger partial charge in [-0.1, -0.05) is 13.5 Å². The van der Waals surface area contributed by atoms with Gasteiger partial charge in [0.25, 0.3) is 0 Å². The number of hydrogen-bond acceptors (Lipinski definition) is 5. The Morgan fingerprint density at radius 3 is 2.55 bits per heavy atom. The molecule has 2 fully saturated rings. The van der Waals surface area contributed by atoms with E-state index in [9.17, 15) is 23.2 Å². The summed E-state index contributed by atoms with van der Waals surface area (Å²) in [6, 6.07) is 0.984. The van der Waals surface area contributed by atoms with Crippen LogP contribution in [0.2, 0.25) is 0 Å². The molecule has 6 nitrogen and oxygen atoms in total. The third kappa shape index (κ3) is 5.55. The minimum Gasteiger partial charge on any atom is -0.386 e. The minimum absolute atomic E-state index is 0.153. The molecular weight excluding hydrogens is 431 g/mol. The Hall–Kier alpha value is -2.47. The first-order chi connectivity index (χ1) is 15.6. The molecule has 1 saturated heterocycles. The summed E-state index contributed by atoms with van der Waals surface area (Å²) < 4.78 is 38.6. The number of allylic oxidation sites excluding steroid dienone is 2. The summed E-state index contributed by atoms with van der Waals surface area (Å²) in [4.78, 5) is 13.6. The molecule has 3 rings (SSSR count). The Bertz CT molecular complexity index is 832. The van der Waals surface area contributed by atoms with Crippen LogP contribution in [0, 0.1) is 22.7 Å². The molecule has 3 N–H and O–H groups in total. The molecule has 0 aromatic rings. The lowest BCUT2D eigenvalue weighted by Gasteiger charge is -2.41. The van der Waals surface area contributed by atoms with Gasteiger partial charge < -0.3 is 20.9 Å². The van der Waals surface area contributed by atoms with Crippen LogP contribution in [0.1, 0.15) is 46.0 Å². The summed E-state index contributed by atoms with van der Waals surface area (Å²) in [6.45, 7) is 8.58. The van der Waals surface area contributed by atoms with Crippen LogP contribution in [0.4, 0.5) is 13.2 Å². The monoisotopic (exact) mass is 465 g/mol. The first-order valence-electron chi connectivity index (χ1n) is 11.7. The van der Waals surface area contributed by atoms with Crippen LogP contribution in [-0.4, -0.2) is 54.7 Å². The Morgan fingerprint density at radius 1 is 1.33 bits per heavy atom. The molecule has 182 valence electrons. The van der Waals surface area contributed by atoms with Crippen molar-refractivity contribution in [1.82, 2.24) is 20.9 Å². The van der Waals surface area contributed by atoms with Crippen molar-refractivity contribution in [2.45, 2.75) is 70.3 Å². The summed E-state index contributed by atoms with van der Waals surface area (Å²) >= 11 is 0. The fourth-order valence-corrected chi connectivity index (χ4v) is 5.01. The number of nitrogens with one attached hydrogen (secondary N) is 3. The molecule has 9 heteroatoms. The van der Waals surface area contributed by atoms with Crippen LogP contribution in [0.15, 0.2) is 36.2 Å². The fraction of sp³-hybridized carbons (Fsp3) is 0.667. The van der Waals surface area contributed by atoms with E-state index in [1.807, 2.05) is 19.1 Å². The molecule has 0 bridgehead atoms. The molecule has 2 aliphatic carbocycles. The first-order valence-corrected chi connectivity index (χ1v) is 11.7. The van der Waals surface area contributed by atoms with Gasteiger partial charge in [0.2, 0.25) is 5.91 Å². The Labute approximate surface area is 194 Å². The highest BCUT2D eigenvalue weighted by atomic mass is 19.4. The van der Waals surface area contributed by atoms with Gasteiger partial charge in [0.05, 0.1) is 6.07 Å². The zero-order chi connectivity index (χ0) is 24.2. The quantitative estimate of drug-likeness (QED) is 0.455. The number of likely N-dealkylation sites (tertiary alicyclic amines) is 1. The maximum atomic E-state index is 12.9. The zero-order valence-corrected chi connectivity index (χ0v) is 19.3. The van der Waals surface area contributed by atoms with Crippen molar-refractivity contribution >= 4 is 5.91 Å². The number of nitrogens with zero attached hydrogens (tertiary/aromatic N) is 2. The zero-order valence-electron chi connectivity index (χ0n) is 19.3. The number of carbonyl (C=O) groups is 1. The van der Waals surface area contributed by atoms with Crippen molar-refractivity contribution in [3.63, 3.8) is 0 Å². The number of nitriles is 1. The normalized spacial score (nSPS) is 28.8. The second-order valence-corrected chi connectivity index (χ2v) is 9.32. The summed E-state index contributed by atoms with van der Waals surface area (Å²) in [5.41, 5.74) is 1.05. The Morgan fingerprint density at radius 2 is 2.00 bits per heavy atom. The van der Waals surface area contributed by atoms with Crippen LogP contribution in [0.3, 0.4) is 0 Å². The van der Waals surface area contributed by atoms with Gasteiger partial charge in [0, 0.05) is 43.1 Å². The van der Waals surface area contributed by atoms with E-state index in [4.69, 9.17) is 0 Å². The lowest BCUT2D eigenvalue weighted by atomic mass is 9.78. The molecule has 3 aliphatic rings. The van der Waals surface area contributed by atoms with E-state index in [0.29, 0.717) is 38.3 Å². The maximum absolute atomic E-state index is 12.9. The van der Waals surface area contributed by atoms with Gasteiger partial charge in [-0.05, 0) is 63.2 Å². The summed E-state index contributed by atoms with van der Waals surface area (Å²) in [5, 5.41) is 19.2. The molecule has 0 aromatic carbocycles. The molecule has 1 unspecified atom stereocenters. The minimum atomic E-state index is -4.24. The molecule has 1 aliphatic heterocycles. The largest absolute Gasteiger partial charge is 0.403 e. The van der Waals surface area contributed by atoms with Crippen molar-refractivity contribution < 1.29 is 18.0 Å². The van der Waals surface area contributed by atoms with E-state index >= 15 is 0 Å². The van der Waals surface area contributed by atoms with Crippen molar-refractivity contribution in [3.05, 3.63) is 36.2 Å². The van der Waals surface area contributed by atoms with Gasteiger partial charge in [0.1, 0.15) is 11.5 Å². The van der Waals surface area contributed by atoms with Crippen molar-refractivity contribution in [3.8, 4) is 6.07 Å². The summed E-state index contributed by atoms with van der Waals surface area (Å²) in [5.74, 6) is 0.274. The molecule has 0 aromatic heterocycles. The Balaban J connectivity index is 1.52. The first kappa shape index (κ1) is 25.2. The van der Waals surface area contributed by atoms with Gasteiger partial charge in [-0.3, -0.25) is 4.79 Å². The van der Waals surface area contributed by atoms with Gasteiger partial charge in [-0.2, -0.15) is 18.4 Å². The molecule has 0 spiro atoms. The van der Waals surface area contributed by atoms with Crippen molar-refractivity contribution in [2.75, 3.05) is 19.6 Å². The third-order valence-corrected chi connectivity index (χ3v) is 7.19. The standard InChI is InChI=1S/C24H34F3N5O/c1-4-22(33)31-19-12-17(13-19)14-29-20-6-7-21(23(20,5-2)15-28)32-10-8-18(9-11-32)30-16(3)24(25,26)27/h4,6-7,16-19,29-30H,1,5,8-14H2,2-3H3,(H,31,33)/t16?,17-,19+,23-/m0/s1. The number of hydrogen-bond donors (Lipinski definition) is 3. The number of halogens is 3. The SMILES string of the molecule is C=CC(=O)N[C@H]1C[C@@H](CNC2=CC=C(N3CCC(NC(C)C(F)(F)F)CC3)[C@]2(C#N)CC)C1. The topological polar surface area (TPSA) is 80.2 Å². The predicted octanol–water partition coefficient (Wildman–Crippen LogP) is 3.36. The highest BCUT2D eigenvalue weighted by Gasteiger charge is 2.44. The number of amides is 1. The van der Waals surface area contributed by atoms with E-state index in [0.717, 1.165) is 37.7 Å². The second kappa shape index (κ2) is 10.2. The van der Waals surface area contributed by atoms with Crippen molar-refractivity contribution in [2.24, 2.45) is 11.3 Å². The number of rotatable bonds is 9. The number of alkyl halides is 3. The smallest absolute Gasteiger partial charge is 0.386 e. The number of piperidine rings is 1. The molecule has 33 heavy (non-hydrogen) atoms. The van der Waals surface area contributed by atoms with E-state index in [2.05, 4.69) is 33.5 Å². The van der Waals surface area contributed by atoms with Crippen LogP contribution in [0.5, 0.6) is 0 Å². The van der Waals surface area contributed by atoms with E-state index in [-0.39, 0.29) is 18.0 Å². The molecule has 1 heterocycles. The molecular formula is C24H34F3N5O. The van der Waals surface area contributed by atoms with Gasteiger partial charge in [0.15, 0.2) is 0 Å². The van der Waals surface area contributed by atoms with Crippen LogP contribution >= 0.6 is 0 Å². The van der Waals surface area contributed by atoms with Crippen LogP contribution in [-0.2, 0) is 4.79 Å². The summed E-state index contributed by atoms with van der Waals surface area (Å²) in [6.07, 6.45) is 4.58. The van der Waals surface area contributed by atoms with Crippen LogP contribution < -0.4 is 16.0 Å². The third-order valence-electron chi connectivity index (χ3n) is 7.19. The number of carbonyl (C=O) groups excluding carboxylic acids is 1. The average molecular weight is 466 g/mol. The predicted molar refractivity (Wildman–Crippen MR) is 121 cm³/mol. The maximum Gasteiger partial charge on any atom is 0.403 e. The molecule has 0 radical (unpaired) electrons. The van der Waals surface area contributed by atoms with E-state index in [1.165, 1.54) is 6.08 Å².